The first kappa shape index (κ1) is 11.6. The number of amides is 1. The highest BCUT2D eigenvalue weighted by Crippen LogP contribution is 2.03. The molecule has 7 nitrogen and oxygen atoms in total. The number of aromatic nitrogens is 3. The van der Waals surface area contributed by atoms with Crippen molar-refractivity contribution in [2.24, 2.45) is 0 Å². The third kappa shape index (κ3) is 2.64. The minimum atomic E-state index is -1.15. The molecule has 2 N–H and O–H groups in total. The van der Waals surface area contributed by atoms with Gasteiger partial charge in [-0.2, -0.15) is 0 Å². The summed E-state index contributed by atoms with van der Waals surface area (Å²) in [4.78, 5) is 33.6. The van der Waals surface area contributed by atoms with Crippen LogP contribution >= 0.6 is 0 Å². The molecule has 1 amide bonds. The number of nitrogens with one attached hydrogen (secondary N) is 1. The van der Waals surface area contributed by atoms with Gasteiger partial charge in [0, 0.05) is 18.6 Å². The van der Waals surface area contributed by atoms with Crippen LogP contribution in [-0.2, 0) is 0 Å². The molecule has 18 heavy (non-hydrogen) atoms. The summed E-state index contributed by atoms with van der Waals surface area (Å²) >= 11 is 0. The zero-order valence-corrected chi connectivity index (χ0v) is 9.07. The van der Waals surface area contributed by atoms with E-state index in [-0.39, 0.29) is 17.2 Å². The summed E-state index contributed by atoms with van der Waals surface area (Å²) in [6, 6.07) is 4.25. The summed E-state index contributed by atoms with van der Waals surface area (Å²) in [5.41, 5.74) is 0.106. The molecule has 0 fully saturated rings. The van der Waals surface area contributed by atoms with Crippen molar-refractivity contribution in [3.8, 4) is 0 Å². The Kier molecular flexibility index (Phi) is 3.24. The Bertz CT molecular complexity index is 569. The molecule has 2 heterocycles. The second-order valence-corrected chi connectivity index (χ2v) is 3.26. The number of rotatable bonds is 3. The summed E-state index contributed by atoms with van der Waals surface area (Å²) in [6.45, 7) is 0. The molecule has 7 heteroatoms. The predicted molar refractivity (Wildman–Crippen MR) is 61.2 cm³/mol. The van der Waals surface area contributed by atoms with Gasteiger partial charge in [-0.15, -0.1) is 0 Å². The van der Waals surface area contributed by atoms with Crippen LogP contribution in [0.4, 0.5) is 5.95 Å². The Morgan fingerprint density at radius 3 is 2.39 bits per heavy atom. The van der Waals surface area contributed by atoms with Crippen molar-refractivity contribution in [2.75, 3.05) is 5.32 Å². The average Bonchev–Trinajstić information content (AvgIpc) is 2.40. The Morgan fingerprint density at radius 2 is 1.83 bits per heavy atom. The van der Waals surface area contributed by atoms with Gasteiger partial charge in [-0.05, 0) is 18.2 Å². The highest BCUT2D eigenvalue weighted by atomic mass is 16.4. The van der Waals surface area contributed by atoms with Gasteiger partial charge in [0.2, 0.25) is 5.95 Å². The molecule has 2 aromatic heterocycles. The molecule has 90 valence electrons. The second-order valence-electron chi connectivity index (χ2n) is 3.26. The molecular weight excluding hydrogens is 236 g/mol. The van der Waals surface area contributed by atoms with E-state index in [4.69, 9.17) is 5.11 Å². The molecule has 0 spiro atoms. The number of hydrogen-bond donors (Lipinski definition) is 2. The first-order valence-corrected chi connectivity index (χ1v) is 4.94. The number of anilines is 1. The zero-order chi connectivity index (χ0) is 13.0. The number of carboxylic acid groups (broad SMARTS) is 1. The maximum atomic E-state index is 11.7. The maximum absolute atomic E-state index is 11.7. The molecule has 0 aliphatic carbocycles. The summed E-state index contributed by atoms with van der Waals surface area (Å²) in [5, 5.41) is 11.1. The third-order valence-electron chi connectivity index (χ3n) is 2.04. The van der Waals surface area contributed by atoms with E-state index in [9.17, 15) is 9.59 Å². The third-order valence-corrected chi connectivity index (χ3v) is 2.04. The van der Waals surface area contributed by atoms with Crippen molar-refractivity contribution in [3.63, 3.8) is 0 Å². The van der Waals surface area contributed by atoms with Crippen LogP contribution in [0.25, 0.3) is 0 Å². The Labute approximate surface area is 102 Å². The highest BCUT2D eigenvalue weighted by Gasteiger charge is 2.10. The van der Waals surface area contributed by atoms with Gasteiger partial charge >= 0.3 is 5.97 Å². The first-order valence-electron chi connectivity index (χ1n) is 4.94. The van der Waals surface area contributed by atoms with Crippen LogP contribution in [0.15, 0.2) is 36.8 Å². The first-order chi connectivity index (χ1) is 8.66. The Morgan fingerprint density at radius 1 is 1.11 bits per heavy atom. The van der Waals surface area contributed by atoms with Crippen LogP contribution in [0.3, 0.4) is 0 Å². The highest BCUT2D eigenvalue weighted by molar-refractivity contribution is 6.03. The fourth-order valence-corrected chi connectivity index (χ4v) is 1.19. The van der Waals surface area contributed by atoms with Gasteiger partial charge in [0.15, 0.2) is 0 Å². The van der Waals surface area contributed by atoms with Crippen LogP contribution in [0, 0.1) is 0 Å². The zero-order valence-electron chi connectivity index (χ0n) is 9.07. The fourth-order valence-electron chi connectivity index (χ4n) is 1.19. The summed E-state index contributed by atoms with van der Waals surface area (Å²) in [7, 11) is 0. The quantitative estimate of drug-likeness (QED) is 0.828. The molecule has 0 saturated heterocycles. The average molecular weight is 244 g/mol. The van der Waals surface area contributed by atoms with Gasteiger partial charge in [-0.3, -0.25) is 10.1 Å². The van der Waals surface area contributed by atoms with Gasteiger partial charge in [0.05, 0.1) is 5.56 Å². The van der Waals surface area contributed by atoms with E-state index in [2.05, 4.69) is 20.3 Å². The van der Waals surface area contributed by atoms with E-state index in [1.54, 1.807) is 6.07 Å². The van der Waals surface area contributed by atoms with Crippen LogP contribution in [0.5, 0.6) is 0 Å². The normalized spacial score (nSPS) is 9.78. The van der Waals surface area contributed by atoms with Crippen molar-refractivity contribution in [1.82, 2.24) is 15.0 Å². The maximum Gasteiger partial charge on any atom is 0.354 e. The molecule has 0 radical (unpaired) electrons. The van der Waals surface area contributed by atoms with E-state index >= 15 is 0 Å². The lowest BCUT2D eigenvalue weighted by Crippen LogP contribution is -2.14. The minimum absolute atomic E-state index is 0.123. The monoisotopic (exact) mass is 244 g/mol. The van der Waals surface area contributed by atoms with E-state index < -0.39 is 11.9 Å². The lowest BCUT2D eigenvalue weighted by atomic mass is 10.2. The van der Waals surface area contributed by atoms with Gasteiger partial charge < -0.3 is 5.11 Å². The smallest absolute Gasteiger partial charge is 0.354 e. The Hall–Kier alpha value is -2.83. The predicted octanol–water partition coefficient (Wildman–Crippen LogP) is 0.822. The number of carboxylic acids is 1. The molecule has 0 unspecified atom stereocenters. The number of aromatic carboxylic acids is 1. The molecular formula is C11H8N4O3. The number of nitrogens with zero attached hydrogens (tertiary/aromatic N) is 3. The molecule has 0 atom stereocenters. The molecule has 0 bridgehead atoms. The Balaban J connectivity index is 2.12. The summed E-state index contributed by atoms with van der Waals surface area (Å²) in [6.07, 6.45) is 4.17. The molecule has 0 aliphatic rings. The largest absolute Gasteiger partial charge is 0.477 e. The van der Waals surface area contributed by atoms with E-state index in [1.165, 1.54) is 30.7 Å². The molecule has 2 rings (SSSR count). The van der Waals surface area contributed by atoms with Crippen LogP contribution in [-0.4, -0.2) is 31.9 Å². The van der Waals surface area contributed by atoms with E-state index in [0.717, 1.165) is 0 Å². The topological polar surface area (TPSA) is 105 Å². The number of carbonyl (C=O) groups is 2. The van der Waals surface area contributed by atoms with Gasteiger partial charge in [-0.25, -0.2) is 19.7 Å². The number of carbonyl (C=O) groups excluding carboxylic acids is 1. The number of hydrogen-bond acceptors (Lipinski definition) is 5. The van der Waals surface area contributed by atoms with Gasteiger partial charge in [-0.1, -0.05) is 0 Å². The van der Waals surface area contributed by atoms with Crippen molar-refractivity contribution >= 4 is 17.8 Å². The summed E-state index contributed by atoms with van der Waals surface area (Å²) < 4.78 is 0. The van der Waals surface area contributed by atoms with Crippen molar-refractivity contribution < 1.29 is 14.7 Å². The SMILES string of the molecule is O=C(Nc1ncccn1)c1ccc(C(=O)O)nc1. The van der Waals surface area contributed by atoms with Gasteiger partial charge in [0.25, 0.3) is 5.91 Å². The van der Waals surface area contributed by atoms with E-state index in [1.807, 2.05) is 0 Å². The van der Waals surface area contributed by atoms with Crippen LogP contribution < -0.4 is 5.32 Å². The van der Waals surface area contributed by atoms with Crippen molar-refractivity contribution in [3.05, 3.63) is 48.0 Å². The van der Waals surface area contributed by atoms with Crippen molar-refractivity contribution in [1.29, 1.82) is 0 Å². The standard InChI is InChI=1S/C11H8N4O3/c16-9(15-11-12-4-1-5-13-11)7-2-3-8(10(17)18)14-6-7/h1-6H,(H,17,18)(H,12,13,15,16). The molecule has 0 aromatic carbocycles. The second kappa shape index (κ2) is 5.00. The van der Waals surface area contributed by atoms with Crippen LogP contribution in [0.1, 0.15) is 20.8 Å². The summed E-state index contributed by atoms with van der Waals surface area (Å²) in [5.74, 6) is -1.43. The van der Waals surface area contributed by atoms with E-state index in [0.29, 0.717) is 0 Å². The lowest BCUT2D eigenvalue weighted by Gasteiger charge is -2.02. The minimum Gasteiger partial charge on any atom is -0.477 e. The fraction of sp³-hybridized carbons (Fsp3) is 0. The lowest BCUT2D eigenvalue weighted by molar-refractivity contribution is 0.0690. The van der Waals surface area contributed by atoms with Crippen LogP contribution in [0.2, 0.25) is 0 Å². The van der Waals surface area contributed by atoms with Gasteiger partial charge in [0.1, 0.15) is 5.69 Å². The molecule has 2 aromatic rings. The number of pyridine rings is 1. The molecule has 0 saturated carbocycles. The molecule has 0 aliphatic heterocycles. The van der Waals surface area contributed by atoms with Crippen molar-refractivity contribution in [2.45, 2.75) is 0 Å².